The Labute approximate surface area is 164 Å². The third-order valence-electron chi connectivity index (χ3n) is 5.40. The molecule has 4 nitrogen and oxygen atoms in total. The molecule has 0 unspecified atom stereocenters. The molecule has 2 aliphatic heterocycles. The van der Waals surface area contributed by atoms with Crippen LogP contribution in [0.25, 0.3) is 0 Å². The van der Waals surface area contributed by atoms with Crippen molar-refractivity contribution in [3.8, 4) is 0 Å². The zero-order chi connectivity index (χ0) is 17.9. The predicted molar refractivity (Wildman–Crippen MR) is 108 cm³/mol. The van der Waals surface area contributed by atoms with Gasteiger partial charge in [-0.05, 0) is 43.0 Å². The van der Waals surface area contributed by atoms with E-state index in [1.807, 2.05) is 23.1 Å². The van der Waals surface area contributed by atoms with Crippen LogP contribution >= 0.6 is 22.9 Å². The van der Waals surface area contributed by atoms with E-state index in [9.17, 15) is 4.79 Å². The van der Waals surface area contributed by atoms with Crippen molar-refractivity contribution in [2.75, 3.05) is 44.2 Å². The van der Waals surface area contributed by atoms with Gasteiger partial charge < -0.3 is 9.80 Å². The minimum atomic E-state index is 0.257. The predicted octanol–water partition coefficient (Wildman–Crippen LogP) is 3.89. The molecule has 0 saturated carbocycles. The van der Waals surface area contributed by atoms with E-state index in [4.69, 9.17) is 11.6 Å². The number of anilines is 1. The Morgan fingerprint density at radius 2 is 1.88 bits per heavy atom. The molecule has 138 valence electrons. The van der Waals surface area contributed by atoms with Crippen LogP contribution in [0.2, 0.25) is 5.02 Å². The number of carbonyl (C=O) groups is 1. The number of para-hydroxylation sites is 1. The molecule has 3 heterocycles. The normalized spacial score (nSPS) is 21.3. The van der Waals surface area contributed by atoms with Gasteiger partial charge in [0, 0.05) is 37.1 Å². The van der Waals surface area contributed by atoms with Crippen LogP contribution in [-0.2, 0) is 4.79 Å². The van der Waals surface area contributed by atoms with Crippen molar-refractivity contribution >= 4 is 34.5 Å². The zero-order valence-corrected chi connectivity index (χ0v) is 16.4. The molecule has 26 heavy (non-hydrogen) atoms. The van der Waals surface area contributed by atoms with Gasteiger partial charge in [-0.3, -0.25) is 9.69 Å². The van der Waals surface area contributed by atoms with Crippen LogP contribution in [0.1, 0.15) is 23.8 Å². The first kappa shape index (κ1) is 17.8. The zero-order valence-electron chi connectivity index (χ0n) is 14.8. The maximum absolute atomic E-state index is 12.8. The van der Waals surface area contributed by atoms with Crippen molar-refractivity contribution < 1.29 is 4.79 Å². The van der Waals surface area contributed by atoms with Crippen molar-refractivity contribution in [2.45, 2.75) is 18.9 Å². The molecule has 6 heteroatoms. The summed E-state index contributed by atoms with van der Waals surface area (Å²) in [6.45, 7) is 4.76. The average molecular weight is 390 g/mol. The summed E-state index contributed by atoms with van der Waals surface area (Å²) in [6, 6.07) is 12.7. The van der Waals surface area contributed by atoms with E-state index in [1.54, 1.807) is 11.3 Å². The largest absolute Gasteiger partial charge is 0.367 e. The van der Waals surface area contributed by atoms with Gasteiger partial charge in [-0.2, -0.15) is 0 Å². The maximum atomic E-state index is 12.8. The highest BCUT2D eigenvalue weighted by Gasteiger charge is 2.30. The van der Waals surface area contributed by atoms with Crippen molar-refractivity contribution in [1.82, 2.24) is 9.80 Å². The lowest BCUT2D eigenvalue weighted by Gasteiger charge is -2.37. The Hall–Kier alpha value is -1.56. The second kappa shape index (κ2) is 7.99. The molecule has 0 aliphatic carbocycles. The second-order valence-electron chi connectivity index (χ2n) is 6.96. The number of carbonyl (C=O) groups excluding carboxylic acids is 1. The Morgan fingerprint density at radius 1 is 1.08 bits per heavy atom. The monoisotopic (exact) mass is 389 g/mol. The molecule has 0 bridgehead atoms. The molecule has 1 aromatic carbocycles. The van der Waals surface area contributed by atoms with E-state index in [0.717, 1.165) is 49.9 Å². The average Bonchev–Trinajstić information content (AvgIpc) is 3.33. The lowest BCUT2D eigenvalue weighted by atomic mass is 10.2. The molecule has 2 saturated heterocycles. The van der Waals surface area contributed by atoms with Gasteiger partial charge in [0.2, 0.25) is 5.91 Å². The number of hydrogen-bond acceptors (Lipinski definition) is 4. The highest BCUT2D eigenvalue weighted by atomic mass is 35.5. The Bertz CT molecular complexity index is 743. The van der Waals surface area contributed by atoms with Crippen LogP contribution in [0.4, 0.5) is 5.69 Å². The van der Waals surface area contributed by atoms with Gasteiger partial charge in [0.05, 0.1) is 17.3 Å². The number of hydrogen-bond donors (Lipinski definition) is 0. The van der Waals surface area contributed by atoms with Gasteiger partial charge in [-0.1, -0.05) is 29.8 Å². The summed E-state index contributed by atoms with van der Waals surface area (Å²) in [6.07, 6.45) is 2.34. The summed E-state index contributed by atoms with van der Waals surface area (Å²) < 4.78 is 0. The minimum absolute atomic E-state index is 0.257. The van der Waals surface area contributed by atoms with Gasteiger partial charge in [0.1, 0.15) is 0 Å². The van der Waals surface area contributed by atoms with Crippen molar-refractivity contribution in [2.24, 2.45) is 0 Å². The summed E-state index contributed by atoms with van der Waals surface area (Å²) >= 11 is 8.11. The van der Waals surface area contributed by atoms with E-state index in [2.05, 4.69) is 33.4 Å². The molecule has 1 atom stereocenters. The van der Waals surface area contributed by atoms with Crippen molar-refractivity contribution in [3.05, 3.63) is 51.7 Å². The van der Waals surface area contributed by atoms with Gasteiger partial charge in [-0.25, -0.2) is 0 Å². The number of rotatable bonds is 4. The quantitative estimate of drug-likeness (QED) is 0.793. The Kier molecular flexibility index (Phi) is 5.48. The van der Waals surface area contributed by atoms with Gasteiger partial charge >= 0.3 is 0 Å². The van der Waals surface area contributed by atoms with E-state index in [-0.39, 0.29) is 5.91 Å². The molecule has 4 rings (SSSR count). The van der Waals surface area contributed by atoms with Crippen LogP contribution in [0.5, 0.6) is 0 Å². The van der Waals surface area contributed by atoms with E-state index in [0.29, 0.717) is 12.6 Å². The molecular formula is C20H24ClN3OS. The van der Waals surface area contributed by atoms with Crippen molar-refractivity contribution in [1.29, 1.82) is 0 Å². The summed E-state index contributed by atoms with van der Waals surface area (Å²) in [5.41, 5.74) is 1.07. The second-order valence-corrected chi connectivity index (χ2v) is 8.35. The number of thiophene rings is 1. The van der Waals surface area contributed by atoms with Crippen molar-refractivity contribution in [3.63, 3.8) is 0 Å². The van der Waals surface area contributed by atoms with E-state index in [1.165, 1.54) is 11.3 Å². The molecule has 1 aromatic heterocycles. The third kappa shape index (κ3) is 3.75. The maximum Gasteiger partial charge on any atom is 0.236 e. The summed E-state index contributed by atoms with van der Waals surface area (Å²) in [5, 5.41) is 2.91. The minimum Gasteiger partial charge on any atom is -0.367 e. The highest BCUT2D eigenvalue weighted by molar-refractivity contribution is 7.10. The third-order valence-corrected chi connectivity index (χ3v) is 6.69. The van der Waals surface area contributed by atoms with E-state index < -0.39 is 0 Å². The topological polar surface area (TPSA) is 26.8 Å². The highest BCUT2D eigenvalue weighted by Crippen LogP contribution is 2.34. The lowest BCUT2D eigenvalue weighted by Crippen LogP contribution is -2.51. The first-order valence-corrected chi connectivity index (χ1v) is 10.5. The van der Waals surface area contributed by atoms with E-state index >= 15 is 0 Å². The van der Waals surface area contributed by atoms with Gasteiger partial charge in [-0.15, -0.1) is 11.3 Å². The number of benzene rings is 1. The number of likely N-dealkylation sites (tertiary alicyclic amines) is 1. The molecule has 2 fully saturated rings. The first-order chi connectivity index (χ1) is 12.7. The molecule has 0 spiro atoms. The lowest BCUT2D eigenvalue weighted by molar-refractivity contribution is -0.132. The van der Waals surface area contributed by atoms with Crippen LogP contribution in [0, 0.1) is 0 Å². The molecule has 0 N–H and O–H groups in total. The number of piperazine rings is 1. The molecule has 2 aromatic rings. The number of amides is 1. The molecule has 1 amide bonds. The van der Waals surface area contributed by atoms with Crippen LogP contribution in [-0.4, -0.2) is 55.0 Å². The summed E-state index contributed by atoms with van der Waals surface area (Å²) in [7, 11) is 0. The first-order valence-electron chi connectivity index (χ1n) is 9.27. The summed E-state index contributed by atoms with van der Waals surface area (Å²) in [5.74, 6) is 0.257. The SMILES string of the molecule is O=C(CN1CCC[C@H]1c1cccs1)N1CCN(c2ccccc2Cl)CC1. The van der Waals surface area contributed by atoms with Crippen LogP contribution < -0.4 is 4.90 Å². The van der Waals surface area contributed by atoms with Gasteiger partial charge in [0.25, 0.3) is 0 Å². The Morgan fingerprint density at radius 3 is 2.62 bits per heavy atom. The number of halogens is 1. The smallest absolute Gasteiger partial charge is 0.236 e. The molecule has 0 radical (unpaired) electrons. The fraction of sp³-hybridized carbons (Fsp3) is 0.450. The number of nitrogens with zero attached hydrogens (tertiary/aromatic N) is 3. The molecule has 2 aliphatic rings. The molecular weight excluding hydrogens is 366 g/mol. The van der Waals surface area contributed by atoms with Gasteiger partial charge in [0.15, 0.2) is 0 Å². The standard InChI is InChI=1S/C20H24ClN3OS/c21-16-5-1-2-6-17(16)22-10-12-23(13-11-22)20(25)15-24-9-3-7-18(24)19-8-4-14-26-19/h1-2,4-6,8,14,18H,3,7,9-13,15H2/t18-/m0/s1. The van der Waals surface area contributed by atoms with Crippen LogP contribution in [0.3, 0.4) is 0 Å². The summed E-state index contributed by atoms with van der Waals surface area (Å²) in [4.78, 5) is 20.9. The Balaban J connectivity index is 1.33. The van der Waals surface area contributed by atoms with Crippen LogP contribution in [0.15, 0.2) is 41.8 Å². The fourth-order valence-corrected chi connectivity index (χ4v) is 5.15. The fourth-order valence-electron chi connectivity index (χ4n) is 4.00.